The van der Waals surface area contributed by atoms with Crippen LogP contribution in [0.1, 0.15) is 6.92 Å². The van der Waals surface area contributed by atoms with Gasteiger partial charge in [0.1, 0.15) is 0 Å². The lowest BCUT2D eigenvalue weighted by atomic mass is 10.2. The molecular weight excluding hydrogens is 172 g/mol. The van der Waals surface area contributed by atoms with Gasteiger partial charge in [-0.05, 0) is 12.5 Å². The summed E-state index contributed by atoms with van der Waals surface area (Å²) in [5, 5.41) is 3.40. The Morgan fingerprint density at radius 2 is 2.29 bits per heavy atom. The van der Waals surface area contributed by atoms with Gasteiger partial charge in [0.15, 0.2) is 0 Å². The molecule has 1 fully saturated rings. The van der Waals surface area contributed by atoms with E-state index in [4.69, 9.17) is 0 Å². The minimum absolute atomic E-state index is 0.662. The van der Waals surface area contributed by atoms with Crippen LogP contribution < -0.4 is 5.32 Å². The molecule has 1 unspecified atom stereocenters. The quantitative estimate of drug-likeness (QED) is 0.706. The minimum Gasteiger partial charge on any atom is -0.314 e. The average Bonchev–Trinajstić information content (AvgIpc) is 2.69. The molecule has 0 radical (unpaired) electrons. The van der Waals surface area contributed by atoms with Gasteiger partial charge in [0.25, 0.3) is 0 Å². The van der Waals surface area contributed by atoms with Gasteiger partial charge in [0.2, 0.25) is 0 Å². The molecule has 0 saturated carbocycles. The molecule has 76 valence electrons. The van der Waals surface area contributed by atoms with E-state index in [0.717, 1.165) is 19.6 Å². The fourth-order valence-electron chi connectivity index (χ4n) is 1.90. The first kappa shape index (κ1) is 9.69. The van der Waals surface area contributed by atoms with Crippen LogP contribution in [0.15, 0.2) is 36.0 Å². The van der Waals surface area contributed by atoms with Crippen molar-refractivity contribution in [2.24, 2.45) is 0 Å². The van der Waals surface area contributed by atoms with Gasteiger partial charge in [-0.25, -0.2) is 0 Å². The number of rotatable bonds is 2. The van der Waals surface area contributed by atoms with Crippen LogP contribution in [-0.4, -0.2) is 37.1 Å². The lowest BCUT2D eigenvalue weighted by molar-refractivity contribution is 0.192. The van der Waals surface area contributed by atoms with Crippen molar-refractivity contribution in [1.82, 2.24) is 10.2 Å². The number of hydrogen-bond acceptors (Lipinski definition) is 2. The Hall–Kier alpha value is -0.860. The van der Waals surface area contributed by atoms with Crippen molar-refractivity contribution in [2.75, 3.05) is 26.2 Å². The molecule has 0 spiro atoms. The second-order valence-electron chi connectivity index (χ2n) is 3.97. The zero-order chi connectivity index (χ0) is 9.80. The fourth-order valence-corrected chi connectivity index (χ4v) is 1.90. The molecule has 1 heterocycles. The lowest BCUT2D eigenvalue weighted by Gasteiger charge is -2.33. The van der Waals surface area contributed by atoms with Crippen LogP contribution in [0.2, 0.25) is 0 Å². The van der Waals surface area contributed by atoms with Gasteiger partial charge in [-0.1, -0.05) is 30.4 Å². The Morgan fingerprint density at radius 1 is 1.50 bits per heavy atom. The molecule has 1 aliphatic carbocycles. The number of hydrogen-bond donors (Lipinski definition) is 1. The van der Waals surface area contributed by atoms with E-state index in [1.807, 2.05) is 0 Å². The first-order chi connectivity index (χ1) is 6.86. The second kappa shape index (κ2) is 4.58. The van der Waals surface area contributed by atoms with Crippen LogP contribution in [-0.2, 0) is 0 Å². The van der Waals surface area contributed by atoms with Crippen molar-refractivity contribution in [2.45, 2.75) is 13.0 Å². The van der Waals surface area contributed by atoms with Gasteiger partial charge in [-0.3, -0.25) is 4.90 Å². The molecule has 2 aliphatic rings. The van der Waals surface area contributed by atoms with Crippen molar-refractivity contribution >= 4 is 0 Å². The highest BCUT2D eigenvalue weighted by molar-refractivity contribution is 5.39. The van der Waals surface area contributed by atoms with E-state index in [0.29, 0.717) is 6.04 Å². The summed E-state index contributed by atoms with van der Waals surface area (Å²) in [6, 6.07) is 0.662. The highest BCUT2D eigenvalue weighted by Crippen LogP contribution is 2.08. The molecule has 1 atom stereocenters. The zero-order valence-corrected chi connectivity index (χ0v) is 8.74. The average molecular weight is 190 g/mol. The Bertz CT molecular complexity index is 262. The Morgan fingerprint density at radius 3 is 3.00 bits per heavy atom. The highest BCUT2D eigenvalue weighted by atomic mass is 15.2. The smallest absolute Gasteiger partial charge is 0.0196 e. The van der Waals surface area contributed by atoms with Crippen molar-refractivity contribution in [1.29, 1.82) is 0 Å². The number of nitrogens with zero attached hydrogens (tertiary/aromatic N) is 1. The maximum absolute atomic E-state index is 3.40. The molecule has 14 heavy (non-hydrogen) atoms. The molecule has 2 heteroatoms. The van der Waals surface area contributed by atoms with E-state index >= 15 is 0 Å². The van der Waals surface area contributed by atoms with Crippen LogP contribution in [0.5, 0.6) is 0 Å². The third kappa shape index (κ3) is 2.34. The summed E-state index contributed by atoms with van der Waals surface area (Å²) in [6.07, 6.45) is 10.8. The molecule has 0 aromatic heterocycles. The predicted octanol–water partition coefficient (Wildman–Crippen LogP) is 1.33. The van der Waals surface area contributed by atoms with E-state index in [-0.39, 0.29) is 0 Å². The topological polar surface area (TPSA) is 15.3 Å². The van der Waals surface area contributed by atoms with Crippen LogP contribution in [0.4, 0.5) is 0 Å². The van der Waals surface area contributed by atoms with Crippen LogP contribution in [0.3, 0.4) is 0 Å². The van der Waals surface area contributed by atoms with Gasteiger partial charge in [-0.15, -0.1) is 0 Å². The molecule has 0 bridgehead atoms. The molecular formula is C12H18N2. The summed E-state index contributed by atoms with van der Waals surface area (Å²) < 4.78 is 0. The summed E-state index contributed by atoms with van der Waals surface area (Å²) in [7, 11) is 0. The van der Waals surface area contributed by atoms with Crippen LogP contribution in [0, 0.1) is 0 Å². The lowest BCUT2D eigenvalue weighted by Crippen LogP contribution is -2.49. The van der Waals surface area contributed by atoms with E-state index in [2.05, 4.69) is 47.5 Å². The molecule has 0 aromatic rings. The van der Waals surface area contributed by atoms with Gasteiger partial charge in [0.05, 0.1) is 0 Å². The first-order valence-corrected chi connectivity index (χ1v) is 5.36. The van der Waals surface area contributed by atoms with Crippen LogP contribution >= 0.6 is 0 Å². The van der Waals surface area contributed by atoms with E-state index in [1.54, 1.807) is 0 Å². The summed E-state index contributed by atoms with van der Waals surface area (Å²) in [5.74, 6) is 0. The number of nitrogens with one attached hydrogen (secondary N) is 1. The van der Waals surface area contributed by atoms with E-state index < -0.39 is 0 Å². The third-order valence-electron chi connectivity index (χ3n) is 2.89. The maximum atomic E-state index is 3.40. The Kier molecular flexibility index (Phi) is 3.17. The summed E-state index contributed by atoms with van der Waals surface area (Å²) in [4.78, 5) is 2.52. The SMILES string of the molecule is CC1CNCCN1CC=C1C=CC=C1. The third-order valence-corrected chi connectivity index (χ3v) is 2.89. The second-order valence-corrected chi connectivity index (χ2v) is 3.97. The normalized spacial score (nSPS) is 27.2. The molecule has 1 saturated heterocycles. The highest BCUT2D eigenvalue weighted by Gasteiger charge is 2.15. The summed E-state index contributed by atoms with van der Waals surface area (Å²) in [6.45, 7) is 6.77. The maximum Gasteiger partial charge on any atom is 0.0196 e. The first-order valence-electron chi connectivity index (χ1n) is 5.36. The van der Waals surface area contributed by atoms with Gasteiger partial charge < -0.3 is 5.32 Å². The number of allylic oxidation sites excluding steroid dienone is 5. The van der Waals surface area contributed by atoms with E-state index in [9.17, 15) is 0 Å². The number of piperazine rings is 1. The monoisotopic (exact) mass is 190 g/mol. The Balaban J connectivity index is 1.87. The zero-order valence-electron chi connectivity index (χ0n) is 8.74. The predicted molar refractivity (Wildman–Crippen MR) is 60.3 cm³/mol. The van der Waals surface area contributed by atoms with Crippen LogP contribution in [0.25, 0.3) is 0 Å². The van der Waals surface area contributed by atoms with Crippen molar-refractivity contribution in [3.8, 4) is 0 Å². The van der Waals surface area contributed by atoms with E-state index in [1.165, 1.54) is 12.1 Å². The van der Waals surface area contributed by atoms with Gasteiger partial charge in [-0.2, -0.15) is 0 Å². The van der Waals surface area contributed by atoms with Crippen molar-refractivity contribution < 1.29 is 0 Å². The summed E-state index contributed by atoms with van der Waals surface area (Å²) in [5.41, 5.74) is 1.34. The standard InChI is InChI=1S/C12H18N2/c1-11-10-13-7-9-14(11)8-6-12-4-2-3-5-12/h2-6,11,13H,7-10H2,1H3. The summed E-state index contributed by atoms with van der Waals surface area (Å²) >= 11 is 0. The molecule has 1 N–H and O–H groups in total. The fraction of sp³-hybridized carbons (Fsp3) is 0.500. The molecule has 0 amide bonds. The van der Waals surface area contributed by atoms with Crippen molar-refractivity contribution in [3.63, 3.8) is 0 Å². The molecule has 2 nitrogen and oxygen atoms in total. The molecule has 0 aromatic carbocycles. The van der Waals surface area contributed by atoms with Crippen molar-refractivity contribution in [3.05, 3.63) is 36.0 Å². The Labute approximate surface area is 86.0 Å². The molecule has 1 aliphatic heterocycles. The van der Waals surface area contributed by atoms with Gasteiger partial charge in [0, 0.05) is 32.2 Å². The molecule has 2 rings (SSSR count). The van der Waals surface area contributed by atoms with Gasteiger partial charge >= 0.3 is 0 Å². The minimum atomic E-state index is 0.662. The largest absolute Gasteiger partial charge is 0.314 e.